The zero-order valence-corrected chi connectivity index (χ0v) is 23.3. The topological polar surface area (TPSA) is 27.7 Å². The Labute approximate surface area is 207 Å². The Hall–Kier alpha value is -2.51. The summed E-state index contributed by atoms with van der Waals surface area (Å²) >= 11 is 0. The first kappa shape index (κ1) is 26.1. The average molecular weight is 479 g/mol. The van der Waals surface area contributed by atoms with Gasteiger partial charge in [-0.05, 0) is 60.1 Å². The van der Waals surface area contributed by atoms with Gasteiger partial charge in [-0.25, -0.2) is 0 Å². The Bertz CT molecular complexity index is 1070. The molecule has 0 saturated carbocycles. The molecule has 3 aromatic rings. The Morgan fingerprint density at radius 3 is 1.38 bits per heavy atom. The van der Waals surface area contributed by atoms with Crippen LogP contribution in [0.5, 0.6) is 17.2 Å². The first-order chi connectivity index (χ1) is 15.9. The lowest BCUT2D eigenvalue weighted by atomic mass is 9.85. The van der Waals surface area contributed by atoms with Gasteiger partial charge < -0.3 is 14.0 Å². The van der Waals surface area contributed by atoms with E-state index >= 15 is 0 Å². The van der Waals surface area contributed by atoms with Gasteiger partial charge in [-0.3, -0.25) is 0 Å². The average Bonchev–Trinajstić information content (AvgIpc) is 2.76. The lowest BCUT2D eigenvalue weighted by Crippen LogP contribution is -2.26. The van der Waals surface area contributed by atoms with Gasteiger partial charge in [0.2, 0.25) is 0 Å². The smallest absolute Gasteiger partial charge is 0.158 e. The van der Waals surface area contributed by atoms with Crippen molar-refractivity contribution in [1.29, 1.82) is 0 Å². The largest absolute Gasteiger partial charge is 0.496 e. The maximum Gasteiger partial charge on any atom is 0.158 e. The van der Waals surface area contributed by atoms with Crippen molar-refractivity contribution >= 4 is 18.8 Å². The molecule has 34 heavy (non-hydrogen) atoms. The van der Waals surface area contributed by atoms with Gasteiger partial charge in [0.15, 0.2) is 8.15 Å². The highest BCUT2D eigenvalue weighted by molar-refractivity contribution is 7.69. The van der Waals surface area contributed by atoms with E-state index < -0.39 is 8.15 Å². The molecule has 3 nitrogen and oxygen atoms in total. The third kappa shape index (κ3) is 5.58. The van der Waals surface area contributed by atoms with E-state index in [-0.39, 0.29) is 10.8 Å². The first-order valence-corrected chi connectivity index (χ1v) is 13.0. The van der Waals surface area contributed by atoms with Gasteiger partial charge in [-0.15, -0.1) is 0 Å². The highest BCUT2D eigenvalue weighted by atomic mass is 31.1. The van der Waals surface area contributed by atoms with Crippen molar-refractivity contribution in [1.82, 2.24) is 0 Å². The van der Waals surface area contributed by atoms with Gasteiger partial charge in [0, 0.05) is 11.1 Å². The molecule has 0 N–H and O–H groups in total. The van der Waals surface area contributed by atoms with Gasteiger partial charge >= 0.3 is 0 Å². The predicted molar refractivity (Wildman–Crippen MR) is 146 cm³/mol. The van der Waals surface area contributed by atoms with Crippen LogP contribution in [0, 0.1) is 13.8 Å². The number of hydrogen-bond donors (Lipinski definition) is 0. The number of rotatable bonds is 6. The number of benzene rings is 3. The van der Waals surface area contributed by atoms with Crippen LogP contribution < -0.4 is 24.6 Å². The summed E-state index contributed by atoms with van der Waals surface area (Å²) in [7, 11) is 2.23. The molecule has 4 heteroatoms. The molecule has 0 amide bonds. The third-order valence-electron chi connectivity index (χ3n) is 5.83. The first-order valence-electron chi connectivity index (χ1n) is 11.8. The highest BCUT2D eigenvalue weighted by Gasteiger charge is 2.32. The zero-order chi connectivity index (χ0) is 25.3. The molecule has 0 aromatic heterocycles. The van der Waals surface area contributed by atoms with Crippen LogP contribution >= 0.6 is 8.15 Å². The van der Waals surface area contributed by atoms with Crippen LogP contribution in [-0.2, 0) is 10.8 Å². The Morgan fingerprint density at radius 2 is 1.03 bits per heavy atom. The van der Waals surface area contributed by atoms with Gasteiger partial charge in [0.25, 0.3) is 0 Å². The Kier molecular flexibility index (Phi) is 7.68. The molecule has 0 spiro atoms. The molecule has 0 fully saturated rings. The molecule has 0 heterocycles. The van der Waals surface area contributed by atoms with Crippen molar-refractivity contribution in [2.24, 2.45) is 0 Å². The maximum absolute atomic E-state index is 6.82. The maximum atomic E-state index is 6.82. The molecular formula is C30H39O3P. The van der Waals surface area contributed by atoms with E-state index in [0.29, 0.717) is 0 Å². The van der Waals surface area contributed by atoms with Crippen LogP contribution in [0.4, 0.5) is 0 Å². The second-order valence-corrected chi connectivity index (χ2v) is 12.7. The highest BCUT2D eigenvalue weighted by Crippen LogP contribution is 2.47. The van der Waals surface area contributed by atoms with Crippen molar-refractivity contribution in [3.8, 4) is 17.2 Å². The summed E-state index contributed by atoms with van der Waals surface area (Å²) in [6, 6.07) is 18.9. The monoisotopic (exact) mass is 478 g/mol. The van der Waals surface area contributed by atoms with Crippen molar-refractivity contribution in [3.63, 3.8) is 0 Å². The molecule has 0 aliphatic heterocycles. The molecule has 3 rings (SSSR count). The van der Waals surface area contributed by atoms with E-state index in [1.165, 1.54) is 22.3 Å². The fourth-order valence-corrected chi connectivity index (χ4v) is 6.39. The fraction of sp³-hybridized carbons (Fsp3) is 0.400. The lowest BCUT2D eigenvalue weighted by Gasteiger charge is -2.30. The molecule has 3 aromatic carbocycles. The summed E-state index contributed by atoms with van der Waals surface area (Å²) in [5.41, 5.74) is 4.58. The van der Waals surface area contributed by atoms with Crippen molar-refractivity contribution in [2.75, 3.05) is 14.2 Å². The minimum absolute atomic E-state index is 0.0763. The minimum atomic E-state index is -1.29. The number of methoxy groups -OCH3 is 2. The lowest BCUT2D eigenvalue weighted by molar-refractivity contribution is 0.399. The summed E-state index contributed by atoms with van der Waals surface area (Å²) in [4.78, 5) is 0. The second-order valence-electron chi connectivity index (χ2n) is 10.9. The molecule has 0 aliphatic carbocycles. The van der Waals surface area contributed by atoms with Crippen LogP contribution in [0.1, 0.15) is 63.8 Å². The summed E-state index contributed by atoms with van der Waals surface area (Å²) in [5.74, 6) is 2.61. The second kappa shape index (κ2) is 10.0. The minimum Gasteiger partial charge on any atom is -0.496 e. The van der Waals surface area contributed by atoms with Crippen LogP contribution in [0.2, 0.25) is 0 Å². The van der Waals surface area contributed by atoms with E-state index in [2.05, 4.69) is 79.7 Å². The van der Waals surface area contributed by atoms with E-state index in [1.807, 2.05) is 30.3 Å². The number of aryl methyl sites for hydroxylation is 2. The van der Waals surface area contributed by atoms with Crippen LogP contribution in [-0.4, -0.2) is 14.2 Å². The Balaban J connectivity index is 2.39. The molecular weight excluding hydrogens is 439 g/mol. The van der Waals surface area contributed by atoms with Crippen molar-refractivity contribution in [3.05, 3.63) is 76.9 Å². The summed E-state index contributed by atoms with van der Waals surface area (Å²) in [5, 5.41) is 2.13. The van der Waals surface area contributed by atoms with Crippen molar-refractivity contribution < 1.29 is 14.0 Å². The molecule has 0 unspecified atom stereocenters. The van der Waals surface area contributed by atoms with Gasteiger partial charge in [0.1, 0.15) is 17.2 Å². The molecule has 182 valence electrons. The summed E-state index contributed by atoms with van der Waals surface area (Å²) in [6.45, 7) is 17.6. The number of hydrogen-bond acceptors (Lipinski definition) is 3. The van der Waals surface area contributed by atoms with Crippen LogP contribution in [0.3, 0.4) is 0 Å². The Morgan fingerprint density at radius 1 is 0.618 bits per heavy atom. The quantitative estimate of drug-likeness (QED) is 0.347. The fourth-order valence-electron chi connectivity index (χ4n) is 4.17. The van der Waals surface area contributed by atoms with Crippen molar-refractivity contribution in [2.45, 2.75) is 66.2 Å². The molecule has 0 saturated heterocycles. The normalized spacial score (nSPS) is 12.1. The van der Waals surface area contributed by atoms with E-state index in [4.69, 9.17) is 14.0 Å². The third-order valence-corrected chi connectivity index (χ3v) is 7.76. The summed E-state index contributed by atoms with van der Waals surface area (Å²) in [6.07, 6.45) is 0. The van der Waals surface area contributed by atoms with Gasteiger partial charge in [-0.1, -0.05) is 71.9 Å². The van der Waals surface area contributed by atoms with E-state index in [1.54, 1.807) is 14.2 Å². The molecule has 0 radical (unpaired) electrons. The van der Waals surface area contributed by atoms with Crippen LogP contribution in [0.25, 0.3) is 0 Å². The number of ether oxygens (including phenoxy) is 2. The van der Waals surface area contributed by atoms with E-state index in [9.17, 15) is 0 Å². The van der Waals surface area contributed by atoms with Gasteiger partial charge in [-0.2, -0.15) is 0 Å². The zero-order valence-electron chi connectivity index (χ0n) is 22.4. The molecule has 0 aliphatic rings. The standard InChI is InChI=1S/C30H39O3P/c1-20-16-23(29(3,4)5)27(31-9)25(18-20)34(33-22-14-12-11-13-15-22)26-19-21(2)17-24(28(26)32-10)30(6,7)8/h11-19H,1-10H3. The SMILES string of the molecule is COc1c(P(Oc2ccccc2)c2cc(C)cc(C(C)(C)C)c2OC)cc(C)cc1C(C)(C)C. The van der Waals surface area contributed by atoms with Crippen LogP contribution in [0.15, 0.2) is 54.6 Å². The molecule has 0 atom stereocenters. The van der Waals surface area contributed by atoms with E-state index in [0.717, 1.165) is 27.9 Å². The predicted octanol–water partition coefficient (Wildman–Crippen LogP) is 7.34. The number of para-hydroxylation sites is 1. The summed E-state index contributed by atoms with van der Waals surface area (Å²) < 4.78 is 19.0. The van der Waals surface area contributed by atoms with Gasteiger partial charge in [0.05, 0.1) is 24.8 Å². The molecule has 0 bridgehead atoms.